The molecule has 2 aliphatic carbocycles. The molecule has 1 aliphatic heterocycles. The molecule has 0 fully saturated rings. The first-order valence-electron chi connectivity index (χ1n) is 15.1. The lowest BCUT2D eigenvalue weighted by Crippen LogP contribution is -2.40. The van der Waals surface area contributed by atoms with Crippen LogP contribution in [0.5, 0.6) is 17.2 Å². The zero-order valence-corrected chi connectivity index (χ0v) is 26.1. The highest BCUT2D eigenvalue weighted by molar-refractivity contribution is 6.23. The Morgan fingerprint density at radius 1 is 0.979 bits per heavy atom. The van der Waals surface area contributed by atoms with E-state index in [2.05, 4.69) is 4.98 Å². The number of allylic oxidation sites excluding steroid dienone is 6. The van der Waals surface area contributed by atoms with Gasteiger partial charge in [-0.3, -0.25) is 14.4 Å². The number of methoxy groups -OCH3 is 2. The van der Waals surface area contributed by atoms with Crippen molar-refractivity contribution in [2.45, 2.75) is 44.8 Å². The SMILES string of the molecule is COc1cc2nc(CCn3c(=O)n4n(c3=O)[C@@H]3CC5=C(C(=O)C=C(C)C5=O)[C@@H](c5ccc(O)cc5)C3=CC4)c(=O)n(C)c2cc1OC. The number of rotatable bonds is 6. The predicted octanol–water partition coefficient (Wildman–Crippen LogP) is 2.09. The molecule has 0 unspecified atom stereocenters. The molecule has 1 N–H and O–H groups in total. The molecule has 0 saturated heterocycles. The standard InChI is InChI=1S/C34H31N5O8/c1-17-13-26(41)30-21(31(17)42)14-24-20(29(30)18-5-7-19(40)8-6-18)9-12-38-33(44)37(34(45)39(24)38)11-10-22-32(43)36(2)25-16-28(47-4)27(46-3)15-23(25)35-22/h5-9,13,15-16,24,29,40H,10-12,14H2,1-4H3/t24-,29+/m1/s1. The Labute approximate surface area is 266 Å². The predicted molar refractivity (Wildman–Crippen MR) is 170 cm³/mol. The van der Waals surface area contributed by atoms with Gasteiger partial charge in [0.05, 0.1) is 37.8 Å². The Kier molecular flexibility index (Phi) is 6.99. The second-order valence-electron chi connectivity index (χ2n) is 11.9. The lowest BCUT2D eigenvalue weighted by atomic mass is 9.68. The number of ether oxygens (including phenoxy) is 2. The topological polar surface area (TPSA) is 157 Å². The minimum absolute atomic E-state index is 0.00345. The summed E-state index contributed by atoms with van der Waals surface area (Å²) >= 11 is 0. The number of carbonyl (C=O) groups excluding carboxylic acids is 2. The van der Waals surface area contributed by atoms with E-state index in [1.807, 2.05) is 6.08 Å². The summed E-state index contributed by atoms with van der Waals surface area (Å²) in [6.45, 7) is 1.54. The number of hydrogen-bond donors (Lipinski definition) is 1. The first kappa shape index (κ1) is 30.0. The lowest BCUT2D eigenvalue weighted by molar-refractivity contribution is -0.116. The first-order chi connectivity index (χ1) is 22.5. The quantitative estimate of drug-likeness (QED) is 0.247. The van der Waals surface area contributed by atoms with E-state index < -0.39 is 23.3 Å². The van der Waals surface area contributed by atoms with Gasteiger partial charge in [0.25, 0.3) is 5.56 Å². The van der Waals surface area contributed by atoms with Gasteiger partial charge >= 0.3 is 11.4 Å². The molecule has 0 radical (unpaired) electrons. The van der Waals surface area contributed by atoms with Gasteiger partial charge < -0.3 is 19.1 Å². The molecule has 13 heteroatoms. The zero-order chi connectivity index (χ0) is 33.3. The maximum absolute atomic E-state index is 14.0. The van der Waals surface area contributed by atoms with Crippen LogP contribution in [-0.2, 0) is 36.1 Å². The van der Waals surface area contributed by atoms with Crippen LogP contribution in [0.3, 0.4) is 0 Å². The van der Waals surface area contributed by atoms with Crippen LogP contribution in [-0.4, -0.2) is 54.4 Å². The molecular formula is C34H31N5O8. The normalized spacial score (nSPS) is 18.8. The van der Waals surface area contributed by atoms with Crippen LogP contribution in [0.25, 0.3) is 11.0 Å². The van der Waals surface area contributed by atoms with Crippen molar-refractivity contribution >= 4 is 22.6 Å². The number of hydrogen-bond acceptors (Lipinski definition) is 9. The number of nitrogens with zero attached hydrogens (tertiary/aromatic N) is 5. The molecule has 2 aromatic carbocycles. The van der Waals surface area contributed by atoms with Crippen LogP contribution in [0.15, 0.2) is 85.2 Å². The third-order valence-electron chi connectivity index (χ3n) is 9.36. The van der Waals surface area contributed by atoms with E-state index in [4.69, 9.17) is 9.47 Å². The fourth-order valence-electron chi connectivity index (χ4n) is 7.03. The van der Waals surface area contributed by atoms with Crippen molar-refractivity contribution in [2.24, 2.45) is 7.05 Å². The zero-order valence-electron chi connectivity index (χ0n) is 26.1. The maximum atomic E-state index is 14.0. The number of fused-ring (bicyclic) bond motifs is 4. The number of aromatic nitrogens is 5. The van der Waals surface area contributed by atoms with E-state index in [0.717, 1.165) is 10.1 Å². The summed E-state index contributed by atoms with van der Waals surface area (Å²) in [7, 11) is 4.60. The van der Waals surface area contributed by atoms with E-state index in [1.165, 1.54) is 46.4 Å². The van der Waals surface area contributed by atoms with Crippen molar-refractivity contribution in [2.75, 3.05) is 14.2 Å². The molecule has 47 heavy (non-hydrogen) atoms. The van der Waals surface area contributed by atoms with Crippen molar-refractivity contribution in [1.82, 2.24) is 23.5 Å². The number of carbonyl (C=O) groups is 2. The monoisotopic (exact) mass is 637 g/mol. The molecule has 2 atom stereocenters. The van der Waals surface area contributed by atoms with Gasteiger partial charge in [0.1, 0.15) is 11.4 Å². The third-order valence-corrected chi connectivity index (χ3v) is 9.36. The van der Waals surface area contributed by atoms with Crippen LogP contribution in [0.4, 0.5) is 0 Å². The molecule has 3 aliphatic rings. The smallest absolute Gasteiger partial charge is 0.347 e. The van der Waals surface area contributed by atoms with Gasteiger partial charge in [0, 0.05) is 61.2 Å². The molecule has 13 nitrogen and oxygen atoms in total. The minimum atomic E-state index is -0.709. The van der Waals surface area contributed by atoms with Crippen LogP contribution < -0.4 is 26.4 Å². The van der Waals surface area contributed by atoms with Gasteiger partial charge in [-0.25, -0.2) is 28.5 Å². The van der Waals surface area contributed by atoms with Crippen molar-refractivity contribution in [3.63, 3.8) is 0 Å². The average Bonchev–Trinajstić information content (AvgIpc) is 3.32. The molecule has 2 aromatic heterocycles. The number of phenols is 1. The van der Waals surface area contributed by atoms with Gasteiger partial charge in [-0.05, 0) is 36.3 Å². The summed E-state index contributed by atoms with van der Waals surface area (Å²) in [5.74, 6) is -0.267. The lowest BCUT2D eigenvalue weighted by Gasteiger charge is -2.39. The highest BCUT2D eigenvalue weighted by atomic mass is 16.5. The molecule has 0 amide bonds. The molecular weight excluding hydrogens is 606 g/mol. The second kappa shape index (κ2) is 11.0. The minimum Gasteiger partial charge on any atom is -0.508 e. The highest BCUT2D eigenvalue weighted by Crippen LogP contribution is 2.49. The van der Waals surface area contributed by atoms with Gasteiger partial charge in [-0.1, -0.05) is 18.2 Å². The largest absolute Gasteiger partial charge is 0.508 e. The Bertz CT molecular complexity index is 2310. The van der Waals surface area contributed by atoms with Crippen LogP contribution >= 0.6 is 0 Å². The van der Waals surface area contributed by atoms with Crippen molar-refractivity contribution in [1.29, 1.82) is 0 Å². The summed E-state index contributed by atoms with van der Waals surface area (Å²) in [5, 5.41) is 9.93. The number of aromatic hydroxyl groups is 1. The van der Waals surface area contributed by atoms with E-state index in [9.17, 15) is 29.1 Å². The van der Waals surface area contributed by atoms with E-state index in [-0.39, 0.29) is 54.5 Å². The van der Waals surface area contributed by atoms with E-state index >= 15 is 0 Å². The van der Waals surface area contributed by atoms with Gasteiger partial charge in [0.2, 0.25) is 0 Å². The summed E-state index contributed by atoms with van der Waals surface area (Å²) in [6, 6.07) is 9.01. The first-order valence-corrected chi connectivity index (χ1v) is 15.1. The summed E-state index contributed by atoms with van der Waals surface area (Å²) < 4.78 is 16.0. The molecule has 7 rings (SSSR count). The number of phenolic OH excluding ortho intramolecular Hbond substituents is 1. The molecule has 0 saturated carbocycles. The Hall–Kier alpha value is -5.72. The van der Waals surface area contributed by atoms with Gasteiger partial charge in [-0.15, -0.1) is 0 Å². The highest BCUT2D eigenvalue weighted by Gasteiger charge is 2.44. The Morgan fingerprint density at radius 2 is 1.68 bits per heavy atom. The molecule has 3 heterocycles. The third kappa shape index (κ3) is 4.52. The molecule has 240 valence electrons. The molecule has 0 bridgehead atoms. The van der Waals surface area contributed by atoms with Gasteiger partial charge in [-0.2, -0.15) is 0 Å². The van der Waals surface area contributed by atoms with Crippen LogP contribution in [0, 0.1) is 0 Å². The van der Waals surface area contributed by atoms with Crippen LogP contribution in [0.2, 0.25) is 0 Å². The Morgan fingerprint density at radius 3 is 2.38 bits per heavy atom. The number of benzene rings is 2. The second-order valence-corrected chi connectivity index (χ2v) is 11.9. The van der Waals surface area contributed by atoms with Crippen molar-refractivity contribution < 1.29 is 24.2 Å². The van der Waals surface area contributed by atoms with Crippen LogP contribution in [0.1, 0.15) is 36.6 Å². The fraction of sp³-hybridized carbons (Fsp3) is 0.294. The summed E-state index contributed by atoms with van der Waals surface area (Å²) in [5.41, 5.74) is 2.02. The number of Topliss-reactive ketones (excluding diaryl/α,β-unsaturated/α-hetero) is 1. The molecule has 0 spiro atoms. The number of aryl methyl sites for hydroxylation is 2. The fourth-order valence-corrected chi connectivity index (χ4v) is 7.03. The average molecular weight is 638 g/mol. The molecule has 4 aromatic rings. The summed E-state index contributed by atoms with van der Waals surface area (Å²) in [6.07, 6.45) is 3.24. The summed E-state index contributed by atoms with van der Waals surface area (Å²) in [4.78, 5) is 72.3. The number of ketones is 2. The maximum Gasteiger partial charge on any atom is 0.347 e. The van der Waals surface area contributed by atoms with E-state index in [1.54, 1.807) is 38.2 Å². The van der Waals surface area contributed by atoms with E-state index in [0.29, 0.717) is 44.8 Å². The van der Waals surface area contributed by atoms with Gasteiger partial charge in [0.15, 0.2) is 23.1 Å². The Balaban J connectivity index is 1.29. The van der Waals surface area contributed by atoms with Crippen molar-refractivity contribution in [3.05, 3.63) is 113 Å². The van der Waals surface area contributed by atoms with Crippen molar-refractivity contribution in [3.8, 4) is 17.2 Å².